The fourth-order valence-electron chi connectivity index (χ4n) is 3.30. The maximum absolute atomic E-state index is 12.7. The van der Waals surface area contributed by atoms with Gasteiger partial charge in [0, 0.05) is 43.1 Å². The van der Waals surface area contributed by atoms with Crippen molar-refractivity contribution in [2.24, 2.45) is 0 Å². The summed E-state index contributed by atoms with van der Waals surface area (Å²) in [5.74, 6) is 0.313. The Kier molecular flexibility index (Phi) is 5.23. The summed E-state index contributed by atoms with van der Waals surface area (Å²) in [5, 5.41) is 7.63. The van der Waals surface area contributed by atoms with Crippen LogP contribution in [0.2, 0.25) is 0 Å². The molecule has 1 saturated heterocycles. The second kappa shape index (κ2) is 7.30. The van der Waals surface area contributed by atoms with Crippen LogP contribution in [0.3, 0.4) is 0 Å². The van der Waals surface area contributed by atoms with Crippen LogP contribution in [0.5, 0.6) is 0 Å². The maximum Gasteiger partial charge on any atom is 0.417 e. The van der Waals surface area contributed by atoms with E-state index < -0.39 is 11.7 Å². The van der Waals surface area contributed by atoms with Gasteiger partial charge in [-0.25, -0.2) is 9.67 Å². The topological polar surface area (TPSA) is 63.1 Å². The number of halogens is 3. The summed E-state index contributed by atoms with van der Waals surface area (Å²) in [7, 11) is 0. The lowest BCUT2D eigenvalue weighted by Crippen LogP contribution is -2.52. The Balaban J connectivity index is 1.83. The third kappa shape index (κ3) is 3.97. The van der Waals surface area contributed by atoms with E-state index >= 15 is 0 Å². The maximum atomic E-state index is 12.7. The molecule has 1 aliphatic heterocycles. The van der Waals surface area contributed by atoms with Crippen LogP contribution >= 0.6 is 0 Å². The van der Waals surface area contributed by atoms with E-state index in [2.05, 4.69) is 15.4 Å². The largest absolute Gasteiger partial charge is 0.417 e. The molecule has 1 atom stereocenters. The lowest BCUT2D eigenvalue weighted by molar-refractivity contribution is -0.138. The monoisotopic (exact) mass is 381 g/mol. The molecule has 0 aliphatic carbocycles. The minimum Gasteiger partial charge on any atom is -0.337 e. The number of hydrogen-bond donors (Lipinski definition) is 1. The molecule has 3 rings (SSSR count). The Hall–Kier alpha value is -2.42. The number of nitrogens with one attached hydrogen (secondary N) is 1. The van der Waals surface area contributed by atoms with E-state index in [0.717, 1.165) is 30.9 Å². The van der Waals surface area contributed by atoms with Crippen molar-refractivity contribution >= 4 is 5.91 Å². The van der Waals surface area contributed by atoms with Crippen molar-refractivity contribution in [2.75, 3.05) is 19.6 Å². The van der Waals surface area contributed by atoms with Crippen LogP contribution in [0.15, 0.2) is 18.3 Å². The molecule has 1 fully saturated rings. The number of carbonyl (C=O) groups is 1. The third-order valence-electron chi connectivity index (χ3n) is 4.88. The fourth-order valence-corrected chi connectivity index (χ4v) is 3.30. The van der Waals surface area contributed by atoms with E-state index in [4.69, 9.17) is 0 Å². The molecule has 1 aliphatic rings. The minimum absolute atomic E-state index is 0.0233. The molecule has 1 N–H and O–H groups in total. The van der Waals surface area contributed by atoms with Crippen molar-refractivity contribution < 1.29 is 18.0 Å². The van der Waals surface area contributed by atoms with Crippen LogP contribution in [0, 0.1) is 13.8 Å². The van der Waals surface area contributed by atoms with Crippen molar-refractivity contribution in [2.45, 2.75) is 39.4 Å². The molecule has 0 radical (unpaired) electrons. The van der Waals surface area contributed by atoms with Gasteiger partial charge in [-0.15, -0.1) is 0 Å². The predicted molar refractivity (Wildman–Crippen MR) is 93.6 cm³/mol. The number of aromatic nitrogens is 3. The highest BCUT2D eigenvalue weighted by Crippen LogP contribution is 2.29. The third-order valence-corrected chi connectivity index (χ3v) is 4.88. The van der Waals surface area contributed by atoms with E-state index in [1.807, 2.05) is 11.8 Å². The molecular formula is C18H22F3N5O. The first-order valence-electron chi connectivity index (χ1n) is 8.77. The Bertz CT molecular complexity index is 829. The van der Waals surface area contributed by atoms with Crippen molar-refractivity contribution in [3.8, 4) is 5.82 Å². The molecule has 2 aromatic rings. The summed E-state index contributed by atoms with van der Waals surface area (Å²) in [6.45, 7) is 7.77. The molecule has 9 heteroatoms. The number of piperazine rings is 1. The number of nitrogens with zero attached hydrogens (tertiary/aromatic N) is 4. The van der Waals surface area contributed by atoms with Crippen molar-refractivity contribution in [1.29, 1.82) is 0 Å². The lowest BCUT2D eigenvalue weighted by Gasteiger charge is -2.34. The number of hydrogen-bond acceptors (Lipinski definition) is 4. The van der Waals surface area contributed by atoms with Gasteiger partial charge < -0.3 is 10.2 Å². The molecule has 27 heavy (non-hydrogen) atoms. The molecule has 0 saturated carbocycles. The average molecular weight is 381 g/mol. The van der Waals surface area contributed by atoms with Gasteiger partial charge >= 0.3 is 6.18 Å². The van der Waals surface area contributed by atoms with Gasteiger partial charge in [-0.3, -0.25) is 4.79 Å². The van der Waals surface area contributed by atoms with Crippen LogP contribution in [0.4, 0.5) is 13.2 Å². The van der Waals surface area contributed by atoms with Crippen LogP contribution in [0.1, 0.15) is 29.4 Å². The summed E-state index contributed by atoms with van der Waals surface area (Å²) in [6.07, 6.45) is -3.43. The standard InChI is InChI=1S/C18H22F3N5O/c1-11-9-22-6-7-25(11)17(27)8-15-12(2)24-26(13(15)3)16-5-4-14(10-23-16)18(19,20)21/h4-5,10-11,22H,6-9H2,1-3H3/t11-/m0/s1. The number of pyridine rings is 1. The van der Waals surface area contributed by atoms with E-state index in [9.17, 15) is 18.0 Å². The number of carbonyl (C=O) groups excluding carboxylic acids is 1. The number of amides is 1. The summed E-state index contributed by atoms with van der Waals surface area (Å²) in [6, 6.07) is 2.39. The highest BCUT2D eigenvalue weighted by molar-refractivity contribution is 5.79. The zero-order chi connectivity index (χ0) is 19.8. The van der Waals surface area contributed by atoms with Crippen LogP contribution in [-0.2, 0) is 17.4 Å². The molecule has 1 amide bonds. The highest BCUT2D eigenvalue weighted by atomic mass is 19.4. The second-order valence-corrected chi connectivity index (χ2v) is 6.78. The number of alkyl halides is 3. The zero-order valence-electron chi connectivity index (χ0n) is 15.5. The Morgan fingerprint density at radius 1 is 1.33 bits per heavy atom. The SMILES string of the molecule is Cc1nn(-c2ccc(C(F)(F)F)cn2)c(C)c1CC(=O)N1CCNC[C@@H]1C. The van der Waals surface area contributed by atoms with Gasteiger partial charge in [-0.1, -0.05) is 0 Å². The predicted octanol–water partition coefficient (Wildman–Crippen LogP) is 2.27. The molecule has 3 heterocycles. The van der Waals surface area contributed by atoms with Crippen LogP contribution in [0.25, 0.3) is 5.82 Å². The molecule has 0 aromatic carbocycles. The van der Waals surface area contributed by atoms with E-state index in [0.29, 0.717) is 17.9 Å². The molecule has 2 aromatic heterocycles. The van der Waals surface area contributed by atoms with Crippen molar-refractivity contribution in [3.63, 3.8) is 0 Å². The van der Waals surface area contributed by atoms with Gasteiger partial charge in [-0.05, 0) is 32.9 Å². The normalized spacial score (nSPS) is 18.0. The van der Waals surface area contributed by atoms with E-state index in [1.54, 1.807) is 13.8 Å². The Morgan fingerprint density at radius 3 is 2.67 bits per heavy atom. The van der Waals surface area contributed by atoms with Crippen LogP contribution in [-0.4, -0.2) is 51.2 Å². The van der Waals surface area contributed by atoms with Gasteiger partial charge in [0.15, 0.2) is 5.82 Å². The highest BCUT2D eigenvalue weighted by Gasteiger charge is 2.31. The molecule has 6 nitrogen and oxygen atoms in total. The molecular weight excluding hydrogens is 359 g/mol. The van der Waals surface area contributed by atoms with Crippen molar-refractivity contribution in [3.05, 3.63) is 40.8 Å². The van der Waals surface area contributed by atoms with Gasteiger partial charge in [-0.2, -0.15) is 18.3 Å². The van der Waals surface area contributed by atoms with E-state index in [-0.39, 0.29) is 24.2 Å². The summed E-state index contributed by atoms with van der Waals surface area (Å²) in [5.41, 5.74) is 1.35. The van der Waals surface area contributed by atoms with Crippen molar-refractivity contribution in [1.82, 2.24) is 25.0 Å². The first-order chi connectivity index (χ1) is 12.7. The number of rotatable bonds is 3. The smallest absolute Gasteiger partial charge is 0.337 e. The average Bonchev–Trinajstić information content (AvgIpc) is 2.89. The van der Waals surface area contributed by atoms with Crippen LogP contribution < -0.4 is 5.32 Å². The first kappa shape index (κ1) is 19.3. The quantitative estimate of drug-likeness (QED) is 0.886. The molecule has 0 spiro atoms. The second-order valence-electron chi connectivity index (χ2n) is 6.78. The summed E-state index contributed by atoms with van der Waals surface area (Å²) < 4.78 is 39.6. The molecule has 0 bridgehead atoms. The van der Waals surface area contributed by atoms with Gasteiger partial charge in [0.25, 0.3) is 0 Å². The Morgan fingerprint density at radius 2 is 2.07 bits per heavy atom. The van der Waals surface area contributed by atoms with Gasteiger partial charge in [0.1, 0.15) is 0 Å². The summed E-state index contributed by atoms with van der Waals surface area (Å²) in [4.78, 5) is 18.4. The molecule has 0 unspecified atom stereocenters. The first-order valence-corrected chi connectivity index (χ1v) is 8.77. The zero-order valence-corrected chi connectivity index (χ0v) is 15.5. The fraction of sp³-hybridized carbons (Fsp3) is 0.500. The van der Waals surface area contributed by atoms with E-state index in [1.165, 1.54) is 10.7 Å². The minimum atomic E-state index is -4.43. The molecule has 146 valence electrons. The number of aryl methyl sites for hydroxylation is 1. The van der Waals surface area contributed by atoms with Gasteiger partial charge in [0.2, 0.25) is 5.91 Å². The summed E-state index contributed by atoms with van der Waals surface area (Å²) >= 11 is 0. The lowest BCUT2D eigenvalue weighted by atomic mass is 10.1. The van der Waals surface area contributed by atoms with Gasteiger partial charge in [0.05, 0.1) is 17.7 Å². The Labute approximate surface area is 155 Å².